The maximum atomic E-state index is 12.1. The highest BCUT2D eigenvalue weighted by Crippen LogP contribution is 2.37. The molecule has 4 aromatic rings. The largest absolute Gasteiger partial charge is 0.373 e. The maximum Gasteiger partial charge on any atom is 0.173 e. The molecule has 0 aliphatic heterocycles. The van der Waals surface area contributed by atoms with E-state index in [0.29, 0.717) is 23.3 Å². The van der Waals surface area contributed by atoms with Gasteiger partial charge in [-0.2, -0.15) is 0 Å². The molecule has 0 aliphatic carbocycles. The van der Waals surface area contributed by atoms with Gasteiger partial charge in [0.25, 0.3) is 0 Å². The molecular weight excluding hydrogens is 348 g/mol. The minimum atomic E-state index is -1.41. The highest BCUT2D eigenvalue weighted by Gasteiger charge is 2.38. The fraction of sp³-hybridized carbons (Fsp3) is 0.167. The Labute approximate surface area is 164 Å². The van der Waals surface area contributed by atoms with Crippen molar-refractivity contribution in [3.05, 3.63) is 101 Å². The Bertz CT molecular complexity index is 1090. The highest BCUT2D eigenvalue weighted by atomic mass is 16.3. The monoisotopic (exact) mass is 370 g/mol. The number of benzene rings is 3. The summed E-state index contributed by atoms with van der Waals surface area (Å²) in [6.07, 6.45) is 0.448. The van der Waals surface area contributed by atoms with E-state index in [1.807, 2.05) is 91.3 Å². The fourth-order valence-corrected chi connectivity index (χ4v) is 3.68. The number of carbonyl (C=O) groups excluding carboxylic acids is 1. The van der Waals surface area contributed by atoms with Crippen LogP contribution in [0.5, 0.6) is 0 Å². The predicted molar refractivity (Wildman–Crippen MR) is 110 cm³/mol. The molecule has 28 heavy (non-hydrogen) atoms. The van der Waals surface area contributed by atoms with E-state index >= 15 is 0 Å². The minimum absolute atomic E-state index is 0.0792. The van der Waals surface area contributed by atoms with E-state index in [1.165, 1.54) is 0 Å². The number of ketones is 1. The molecule has 0 saturated heterocycles. The number of Topliss-reactive ketones (excluding diaryl/α,β-unsaturated/α-hetero) is 1. The molecule has 0 atom stereocenters. The van der Waals surface area contributed by atoms with Gasteiger partial charge >= 0.3 is 0 Å². The number of fused-ring (bicyclic) bond motifs is 1. The normalized spacial score (nSPS) is 11.7. The number of aryl methyl sites for hydroxylation is 1. The molecule has 0 unspecified atom stereocenters. The topological polar surface area (TPSA) is 55.1 Å². The third kappa shape index (κ3) is 2.83. The summed E-state index contributed by atoms with van der Waals surface area (Å²) >= 11 is 0. The molecule has 0 fully saturated rings. The lowest BCUT2D eigenvalue weighted by atomic mass is 9.85. The Morgan fingerprint density at radius 1 is 0.964 bits per heavy atom. The Balaban J connectivity index is 1.98. The van der Waals surface area contributed by atoms with Gasteiger partial charge in [-0.05, 0) is 29.3 Å². The van der Waals surface area contributed by atoms with E-state index in [1.54, 1.807) is 6.07 Å². The summed E-state index contributed by atoms with van der Waals surface area (Å²) < 4.78 is 1.90. The quantitative estimate of drug-likeness (QED) is 0.528. The van der Waals surface area contributed by atoms with Gasteiger partial charge < -0.3 is 9.67 Å². The van der Waals surface area contributed by atoms with Crippen LogP contribution in [0.4, 0.5) is 0 Å². The second-order valence-electron chi connectivity index (χ2n) is 6.92. The number of imidazole rings is 1. The Morgan fingerprint density at radius 2 is 1.54 bits per heavy atom. The van der Waals surface area contributed by atoms with Crippen LogP contribution in [0, 0.1) is 0 Å². The lowest BCUT2D eigenvalue weighted by Crippen LogP contribution is -2.32. The molecule has 4 nitrogen and oxygen atoms in total. The number of nitrogens with zero attached hydrogens (tertiary/aromatic N) is 2. The van der Waals surface area contributed by atoms with Crippen LogP contribution in [0.25, 0.3) is 11.0 Å². The summed E-state index contributed by atoms with van der Waals surface area (Å²) in [4.78, 5) is 16.9. The first-order valence-electron chi connectivity index (χ1n) is 9.39. The molecule has 0 amide bonds. The van der Waals surface area contributed by atoms with Crippen LogP contribution in [0.1, 0.15) is 40.7 Å². The van der Waals surface area contributed by atoms with Gasteiger partial charge in [0.05, 0.1) is 11.0 Å². The third-order valence-electron chi connectivity index (χ3n) is 5.23. The van der Waals surface area contributed by atoms with Gasteiger partial charge in [-0.1, -0.05) is 67.6 Å². The van der Waals surface area contributed by atoms with Gasteiger partial charge in [0.2, 0.25) is 0 Å². The lowest BCUT2D eigenvalue weighted by Gasteiger charge is -2.29. The van der Waals surface area contributed by atoms with Crippen molar-refractivity contribution in [2.45, 2.75) is 18.9 Å². The van der Waals surface area contributed by atoms with Crippen molar-refractivity contribution in [2.24, 2.45) is 7.05 Å². The molecule has 1 heterocycles. The average Bonchev–Trinajstić information content (AvgIpc) is 3.10. The summed E-state index contributed by atoms with van der Waals surface area (Å²) in [7, 11) is 1.89. The van der Waals surface area contributed by atoms with Gasteiger partial charge in [-0.15, -0.1) is 0 Å². The molecule has 0 spiro atoms. The van der Waals surface area contributed by atoms with Gasteiger partial charge in [-0.25, -0.2) is 4.98 Å². The first-order chi connectivity index (χ1) is 13.6. The fourth-order valence-electron chi connectivity index (χ4n) is 3.68. The SMILES string of the molecule is CCC(=O)c1ccc2c(c1)nc(C(O)(c1ccccc1)c1ccccc1)n2C. The standard InChI is InChI=1S/C24H22N2O2/c1-3-22(27)17-14-15-21-20(16-17)25-23(26(21)2)24(28,18-10-6-4-7-11-18)19-12-8-5-9-13-19/h4-16,28H,3H2,1-2H3. The molecule has 0 aliphatic rings. The maximum absolute atomic E-state index is 12.1. The van der Waals surface area contributed by atoms with E-state index in [2.05, 4.69) is 0 Å². The zero-order valence-electron chi connectivity index (χ0n) is 16.0. The molecule has 140 valence electrons. The van der Waals surface area contributed by atoms with E-state index < -0.39 is 5.60 Å². The molecule has 3 aromatic carbocycles. The van der Waals surface area contributed by atoms with Gasteiger partial charge in [0.15, 0.2) is 17.2 Å². The molecule has 1 N–H and O–H groups in total. The predicted octanol–water partition coefficient (Wildman–Crippen LogP) is 4.45. The van der Waals surface area contributed by atoms with Gasteiger partial charge in [0.1, 0.15) is 0 Å². The number of aliphatic hydroxyl groups is 1. The summed E-state index contributed by atoms with van der Waals surface area (Å²) in [6.45, 7) is 1.85. The van der Waals surface area contributed by atoms with E-state index in [-0.39, 0.29) is 5.78 Å². The number of hydrogen-bond acceptors (Lipinski definition) is 3. The molecule has 0 bridgehead atoms. The van der Waals surface area contributed by atoms with Crippen LogP contribution in [-0.2, 0) is 12.6 Å². The van der Waals surface area contributed by atoms with Crippen LogP contribution < -0.4 is 0 Å². The van der Waals surface area contributed by atoms with Crippen molar-refractivity contribution >= 4 is 16.8 Å². The molecule has 1 aromatic heterocycles. The second-order valence-corrected chi connectivity index (χ2v) is 6.92. The van der Waals surface area contributed by atoms with Crippen molar-refractivity contribution in [1.29, 1.82) is 0 Å². The molecule has 4 rings (SSSR count). The van der Waals surface area contributed by atoms with Crippen LogP contribution in [-0.4, -0.2) is 20.4 Å². The number of rotatable bonds is 5. The summed E-state index contributed by atoms with van der Waals surface area (Å²) in [5.41, 5.74) is 2.28. The first kappa shape index (κ1) is 18.1. The van der Waals surface area contributed by atoms with E-state index in [0.717, 1.165) is 16.6 Å². The summed E-state index contributed by atoms with van der Waals surface area (Å²) in [5.74, 6) is 0.594. The van der Waals surface area contributed by atoms with Crippen LogP contribution in [0.2, 0.25) is 0 Å². The Hall–Kier alpha value is -3.24. The summed E-state index contributed by atoms with van der Waals surface area (Å²) in [6, 6.07) is 24.6. The van der Waals surface area contributed by atoms with Crippen molar-refractivity contribution in [3.8, 4) is 0 Å². The van der Waals surface area contributed by atoms with Gasteiger partial charge in [-0.3, -0.25) is 4.79 Å². The zero-order valence-corrected chi connectivity index (χ0v) is 16.0. The van der Waals surface area contributed by atoms with Crippen LogP contribution in [0.15, 0.2) is 78.9 Å². The third-order valence-corrected chi connectivity index (χ3v) is 5.23. The van der Waals surface area contributed by atoms with E-state index in [9.17, 15) is 9.90 Å². The number of hydrogen-bond donors (Lipinski definition) is 1. The lowest BCUT2D eigenvalue weighted by molar-refractivity contribution is 0.0988. The van der Waals surface area contributed by atoms with Crippen molar-refractivity contribution in [3.63, 3.8) is 0 Å². The summed E-state index contributed by atoms with van der Waals surface area (Å²) in [5, 5.41) is 12.0. The van der Waals surface area contributed by atoms with Crippen molar-refractivity contribution in [2.75, 3.05) is 0 Å². The number of carbonyl (C=O) groups is 1. The zero-order chi connectivity index (χ0) is 19.7. The smallest absolute Gasteiger partial charge is 0.173 e. The highest BCUT2D eigenvalue weighted by molar-refractivity contribution is 5.98. The minimum Gasteiger partial charge on any atom is -0.373 e. The van der Waals surface area contributed by atoms with E-state index in [4.69, 9.17) is 4.98 Å². The van der Waals surface area contributed by atoms with Crippen molar-refractivity contribution in [1.82, 2.24) is 9.55 Å². The Morgan fingerprint density at radius 3 is 2.07 bits per heavy atom. The van der Waals surface area contributed by atoms with Crippen LogP contribution in [0.3, 0.4) is 0 Å². The van der Waals surface area contributed by atoms with Crippen molar-refractivity contribution < 1.29 is 9.90 Å². The first-order valence-corrected chi connectivity index (χ1v) is 9.39. The molecule has 0 saturated carbocycles. The number of aromatic nitrogens is 2. The molecular formula is C24H22N2O2. The molecule has 0 radical (unpaired) electrons. The Kier molecular flexibility index (Phi) is 4.57. The molecule has 4 heteroatoms. The van der Waals surface area contributed by atoms with Gasteiger partial charge in [0, 0.05) is 19.0 Å². The van der Waals surface area contributed by atoms with Crippen LogP contribution >= 0.6 is 0 Å². The average molecular weight is 370 g/mol. The second kappa shape index (κ2) is 7.06.